The zero-order chi connectivity index (χ0) is 10.6. The average molecular weight is 236 g/mol. The predicted molar refractivity (Wildman–Crippen MR) is 47.1 cm³/mol. The first-order chi connectivity index (χ1) is 5.84. The zero-order valence-corrected chi connectivity index (χ0v) is 8.61. The standard InChI is InChI=1S/C7H12F3NO2.ClH/c1-3-4(7(8,9)10)5(11)6(12)13-2;/h4-5H,3,11H2,1-2H3;1H/t4-,5-;/m0./s1. The number of methoxy groups -OCH3 is 1. The second kappa shape index (κ2) is 6.08. The molecule has 0 aromatic rings. The van der Waals surface area contributed by atoms with Crippen LogP contribution in [0.2, 0.25) is 0 Å². The van der Waals surface area contributed by atoms with Gasteiger partial charge in [0.25, 0.3) is 0 Å². The largest absolute Gasteiger partial charge is 0.468 e. The van der Waals surface area contributed by atoms with Crippen LogP contribution in [0.4, 0.5) is 13.2 Å². The molecule has 0 aromatic heterocycles. The number of carbonyl (C=O) groups excluding carboxylic acids is 1. The third-order valence-corrected chi connectivity index (χ3v) is 1.77. The van der Waals surface area contributed by atoms with Gasteiger partial charge >= 0.3 is 12.1 Å². The lowest BCUT2D eigenvalue weighted by molar-refractivity contribution is -0.188. The van der Waals surface area contributed by atoms with Gasteiger partial charge < -0.3 is 10.5 Å². The Kier molecular flexibility index (Phi) is 6.93. The van der Waals surface area contributed by atoms with Crippen LogP contribution in [-0.4, -0.2) is 25.3 Å². The number of ether oxygens (including phenoxy) is 1. The Morgan fingerprint density at radius 2 is 1.93 bits per heavy atom. The summed E-state index contributed by atoms with van der Waals surface area (Å²) in [5, 5.41) is 0. The van der Waals surface area contributed by atoms with E-state index < -0.39 is 24.1 Å². The second-order valence-corrected chi connectivity index (χ2v) is 2.61. The minimum Gasteiger partial charge on any atom is -0.468 e. The number of hydrogen-bond donors (Lipinski definition) is 1. The molecule has 0 spiro atoms. The fourth-order valence-corrected chi connectivity index (χ4v) is 0.989. The third kappa shape index (κ3) is 4.15. The van der Waals surface area contributed by atoms with Crippen LogP contribution >= 0.6 is 12.4 Å². The summed E-state index contributed by atoms with van der Waals surface area (Å²) >= 11 is 0. The van der Waals surface area contributed by atoms with E-state index in [1.165, 1.54) is 6.92 Å². The van der Waals surface area contributed by atoms with Crippen LogP contribution in [0.1, 0.15) is 13.3 Å². The smallest absolute Gasteiger partial charge is 0.393 e. The monoisotopic (exact) mass is 235 g/mol. The molecule has 0 aliphatic heterocycles. The number of rotatable bonds is 3. The number of esters is 1. The first-order valence-corrected chi connectivity index (χ1v) is 3.74. The Hall–Kier alpha value is -0.490. The normalized spacial score (nSPS) is 15.3. The summed E-state index contributed by atoms with van der Waals surface area (Å²) in [6.07, 6.45) is -4.69. The van der Waals surface area contributed by atoms with Gasteiger partial charge in [-0.05, 0) is 6.42 Å². The van der Waals surface area contributed by atoms with Crippen LogP contribution < -0.4 is 5.73 Å². The molecule has 14 heavy (non-hydrogen) atoms. The minimum atomic E-state index is -4.46. The number of halogens is 4. The van der Waals surface area contributed by atoms with E-state index in [2.05, 4.69) is 4.74 Å². The van der Waals surface area contributed by atoms with Crippen molar-refractivity contribution in [2.24, 2.45) is 11.7 Å². The number of carbonyl (C=O) groups is 1. The van der Waals surface area contributed by atoms with E-state index in [-0.39, 0.29) is 18.8 Å². The minimum absolute atomic E-state index is 0. The summed E-state index contributed by atoms with van der Waals surface area (Å²) in [6.45, 7) is 1.32. The molecule has 0 amide bonds. The van der Waals surface area contributed by atoms with E-state index in [4.69, 9.17) is 5.73 Å². The molecule has 0 aliphatic rings. The van der Waals surface area contributed by atoms with E-state index in [0.29, 0.717) is 0 Å². The van der Waals surface area contributed by atoms with Gasteiger partial charge in [0.05, 0.1) is 13.0 Å². The molecule has 0 unspecified atom stereocenters. The fourth-order valence-electron chi connectivity index (χ4n) is 0.989. The highest BCUT2D eigenvalue weighted by Crippen LogP contribution is 2.30. The van der Waals surface area contributed by atoms with Crippen molar-refractivity contribution in [3.05, 3.63) is 0 Å². The van der Waals surface area contributed by atoms with Gasteiger partial charge in [-0.3, -0.25) is 4.79 Å². The summed E-state index contributed by atoms with van der Waals surface area (Å²) in [4.78, 5) is 10.7. The fraction of sp³-hybridized carbons (Fsp3) is 0.857. The molecule has 0 fully saturated rings. The van der Waals surface area contributed by atoms with Gasteiger partial charge in [0.2, 0.25) is 0 Å². The van der Waals surface area contributed by atoms with Gasteiger partial charge in [-0.25, -0.2) is 0 Å². The Balaban J connectivity index is 0. The molecule has 0 aromatic carbocycles. The van der Waals surface area contributed by atoms with Crippen LogP contribution in [-0.2, 0) is 9.53 Å². The van der Waals surface area contributed by atoms with Crippen LogP contribution in [0, 0.1) is 5.92 Å². The van der Waals surface area contributed by atoms with Gasteiger partial charge in [0.15, 0.2) is 0 Å². The molecule has 0 saturated carbocycles. The number of nitrogens with two attached hydrogens (primary N) is 1. The van der Waals surface area contributed by atoms with E-state index >= 15 is 0 Å². The summed E-state index contributed by atoms with van der Waals surface area (Å²) in [5.74, 6) is -2.87. The number of alkyl halides is 3. The van der Waals surface area contributed by atoms with Crippen molar-refractivity contribution in [1.82, 2.24) is 0 Å². The quantitative estimate of drug-likeness (QED) is 0.755. The highest BCUT2D eigenvalue weighted by molar-refractivity contribution is 5.85. The molecule has 86 valence electrons. The maximum absolute atomic E-state index is 12.2. The van der Waals surface area contributed by atoms with E-state index in [1.807, 2.05) is 0 Å². The third-order valence-electron chi connectivity index (χ3n) is 1.77. The SMILES string of the molecule is CC[C@@H]([C@H](N)C(=O)OC)C(F)(F)F.Cl. The Morgan fingerprint density at radius 3 is 2.14 bits per heavy atom. The van der Waals surface area contributed by atoms with Crippen molar-refractivity contribution in [3.8, 4) is 0 Å². The molecular weight excluding hydrogens is 223 g/mol. The van der Waals surface area contributed by atoms with Gasteiger partial charge in [-0.15, -0.1) is 12.4 Å². The predicted octanol–water partition coefficient (Wildman–Crippen LogP) is 1.50. The van der Waals surface area contributed by atoms with E-state index in [1.54, 1.807) is 0 Å². The highest BCUT2D eigenvalue weighted by atomic mass is 35.5. The van der Waals surface area contributed by atoms with Crippen LogP contribution in [0.3, 0.4) is 0 Å². The van der Waals surface area contributed by atoms with Gasteiger partial charge in [0.1, 0.15) is 6.04 Å². The van der Waals surface area contributed by atoms with Crippen molar-refractivity contribution in [2.75, 3.05) is 7.11 Å². The highest BCUT2D eigenvalue weighted by Gasteiger charge is 2.45. The lowest BCUT2D eigenvalue weighted by atomic mass is 9.97. The Morgan fingerprint density at radius 1 is 1.50 bits per heavy atom. The molecule has 3 nitrogen and oxygen atoms in total. The molecule has 0 aliphatic carbocycles. The van der Waals surface area contributed by atoms with Crippen molar-refractivity contribution < 1.29 is 22.7 Å². The van der Waals surface area contributed by atoms with E-state index in [9.17, 15) is 18.0 Å². The number of hydrogen-bond acceptors (Lipinski definition) is 3. The first-order valence-electron chi connectivity index (χ1n) is 3.74. The molecule has 7 heteroatoms. The molecular formula is C7H13ClF3NO2. The van der Waals surface area contributed by atoms with Crippen molar-refractivity contribution in [2.45, 2.75) is 25.6 Å². The summed E-state index contributed by atoms with van der Waals surface area (Å²) in [7, 11) is 1.01. The molecule has 0 heterocycles. The van der Waals surface area contributed by atoms with Gasteiger partial charge in [-0.1, -0.05) is 6.92 Å². The second-order valence-electron chi connectivity index (χ2n) is 2.61. The molecule has 2 atom stereocenters. The first kappa shape index (κ1) is 16.0. The van der Waals surface area contributed by atoms with E-state index in [0.717, 1.165) is 7.11 Å². The molecule has 0 radical (unpaired) electrons. The lowest BCUT2D eigenvalue weighted by Gasteiger charge is -2.22. The van der Waals surface area contributed by atoms with Gasteiger partial charge in [-0.2, -0.15) is 13.2 Å². The summed E-state index contributed by atoms with van der Waals surface area (Å²) < 4.78 is 40.7. The maximum atomic E-state index is 12.2. The average Bonchev–Trinajstić information content (AvgIpc) is 2.01. The Labute approximate surface area is 86.2 Å². The van der Waals surface area contributed by atoms with Crippen molar-refractivity contribution in [1.29, 1.82) is 0 Å². The van der Waals surface area contributed by atoms with Crippen molar-refractivity contribution in [3.63, 3.8) is 0 Å². The molecule has 2 N–H and O–H groups in total. The summed E-state index contributed by atoms with van der Waals surface area (Å²) in [6, 6.07) is -1.63. The van der Waals surface area contributed by atoms with Crippen LogP contribution in [0.15, 0.2) is 0 Å². The molecule has 0 rings (SSSR count). The topological polar surface area (TPSA) is 52.3 Å². The molecule has 0 saturated heterocycles. The lowest BCUT2D eigenvalue weighted by Crippen LogP contribution is -2.45. The maximum Gasteiger partial charge on any atom is 0.393 e. The van der Waals surface area contributed by atoms with Crippen LogP contribution in [0.5, 0.6) is 0 Å². The molecule has 0 bridgehead atoms. The zero-order valence-electron chi connectivity index (χ0n) is 7.80. The van der Waals surface area contributed by atoms with Crippen LogP contribution in [0.25, 0.3) is 0 Å². The Bertz CT molecular complexity index is 186. The van der Waals surface area contributed by atoms with Crippen molar-refractivity contribution >= 4 is 18.4 Å². The van der Waals surface area contributed by atoms with Gasteiger partial charge in [0, 0.05) is 0 Å². The summed E-state index contributed by atoms with van der Waals surface area (Å²) in [5.41, 5.74) is 5.07.